The van der Waals surface area contributed by atoms with E-state index < -0.39 is 5.97 Å². The quantitative estimate of drug-likeness (QED) is 0.570. The van der Waals surface area contributed by atoms with Gasteiger partial charge in [0.05, 0.1) is 5.25 Å². The molecule has 6 heteroatoms. The number of carboxylic acids is 1. The fourth-order valence-corrected chi connectivity index (χ4v) is 3.16. The van der Waals surface area contributed by atoms with Crippen molar-refractivity contribution in [3.05, 3.63) is 0 Å². The van der Waals surface area contributed by atoms with Crippen LogP contribution in [0.4, 0.5) is 0 Å². The van der Waals surface area contributed by atoms with Gasteiger partial charge in [-0.3, -0.25) is 14.5 Å². The van der Waals surface area contributed by atoms with Gasteiger partial charge < -0.3 is 5.11 Å². The van der Waals surface area contributed by atoms with Crippen LogP contribution >= 0.6 is 24.0 Å². The van der Waals surface area contributed by atoms with E-state index in [1.54, 1.807) is 4.90 Å². The summed E-state index contributed by atoms with van der Waals surface area (Å²) >= 11 is 6.62. The molecule has 1 amide bonds. The van der Waals surface area contributed by atoms with Gasteiger partial charge in [-0.05, 0) is 19.3 Å². The van der Waals surface area contributed by atoms with Gasteiger partial charge >= 0.3 is 5.97 Å². The molecule has 0 unspecified atom stereocenters. The van der Waals surface area contributed by atoms with Gasteiger partial charge in [-0.1, -0.05) is 37.3 Å². The zero-order chi connectivity index (χ0) is 12.8. The van der Waals surface area contributed by atoms with Crippen molar-refractivity contribution in [2.75, 3.05) is 6.54 Å². The molecule has 0 bridgehead atoms. The van der Waals surface area contributed by atoms with Crippen molar-refractivity contribution in [2.45, 2.75) is 44.3 Å². The van der Waals surface area contributed by atoms with E-state index in [0.29, 0.717) is 17.3 Å². The number of carboxylic acid groups (broad SMARTS) is 1. The lowest BCUT2D eigenvalue weighted by Crippen LogP contribution is -2.32. The Labute approximate surface area is 111 Å². The predicted octanol–water partition coefficient (Wildman–Crippen LogP) is 2.27. The van der Waals surface area contributed by atoms with E-state index in [4.69, 9.17) is 17.3 Å². The predicted molar refractivity (Wildman–Crippen MR) is 72.1 cm³/mol. The van der Waals surface area contributed by atoms with Crippen LogP contribution in [0.15, 0.2) is 0 Å². The number of thiocarbonyl (C=S) groups is 1. The lowest BCUT2D eigenvalue weighted by Gasteiger charge is -2.14. The maximum Gasteiger partial charge on any atom is 0.303 e. The number of thioether (sulfide) groups is 1. The summed E-state index contributed by atoms with van der Waals surface area (Å²) in [6.07, 6.45) is 3.30. The molecule has 0 saturated carbocycles. The number of unbranched alkanes of at least 4 members (excludes halogenated alkanes) is 2. The molecule has 0 aromatic rings. The van der Waals surface area contributed by atoms with Crippen molar-refractivity contribution >= 4 is 40.2 Å². The zero-order valence-corrected chi connectivity index (χ0v) is 11.5. The standard InChI is InChI=1S/C11H17NO3S2/c1-2-8-10(15)12(11(16)17-8)7-5-3-4-6-9(13)14/h8H,2-7H2,1H3,(H,13,14)/t8-/m1/s1. The van der Waals surface area contributed by atoms with Crippen molar-refractivity contribution in [1.29, 1.82) is 0 Å². The molecule has 17 heavy (non-hydrogen) atoms. The van der Waals surface area contributed by atoms with Crippen LogP contribution in [-0.4, -0.2) is 38.0 Å². The highest BCUT2D eigenvalue weighted by Gasteiger charge is 2.34. The van der Waals surface area contributed by atoms with Gasteiger partial charge in [0.2, 0.25) is 5.91 Å². The van der Waals surface area contributed by atoms with Crippen LogP contribution in [0.1, 0.15) is 39.0 Å². The molecule has 1 aliphatic rings. The van der Waals surface area contributed by atoms with Crippen molar-refractivity contribution in [2.24, 2.45) is 0 Å². The maximum atomic E-state index is 11.8. The summed E-state index contributed by atoms with van der Waals surface area (Å²) in [7, 11) is 0. The summed E-state index contributed by atoms with van der Waals surface area (Å²) in [5, 5.41) is 8.47. The van der Waals surface area contributed by atoms with Gasteiger partial charge in [0.25, 0.3) is 0 Å². The molecule has 4 nitrogen and oxygen atoms in total. The first-order valence-electron chi connectivity index (χ1n) is 5.80. The fourth-order valence-electron chi connectivity index (χ4n) is 1.68. The lowest BCUT2D eigenvalue weighted by atomic mass is 10.2. The van der Waals surface area contributed by atoms with Gasteiger partial charge in [-0.2, -0.15) is 0 Å². The summed E-state index contributed by atoms with van der Waals surface area (Å²) in [4.78, 5) is 23.8. The Hall–Kier alpha value is -0.620. The minimum Gasteiger partial charge on any atom is -0.481 e. The highest BCUT2D eigenvalue weighted by atomic mass is 32.2. The summed E-state index contributed by atoms with van der Waals surface area (Å²) in [5.74, 6) is -0.653. The van der Waals surface area contributed by atoms with E-state index in [-0.39, 0.29) is 17.6 Å². The second-order valence-electron chi connectivity index (χ2n) is 3.97. The largest absolute Gasteiger partial charge is 0.481 e. The topological polar surface area (TPSA) is 57.6 Å². The normalized spacial score (nSPS) is 20.1. The number of amides is 1. The van der Waals surface area contributed by atoms with Gasteiger partial charge in [-0.15, -0.1) is 0 Å². The van der Waals surface area contributed by atoms with Gasteiger partial charge in [0.15, 0.2) is 0 Å². The van der Waals surface area contributed by atoms with Crippen molar-refractivity contribution < 1.29 is 14.7 Å². The van der Waals surface area contributed by atoms with Crippen LogP contribution in [-0.2, 0) is 9.59 Å². The molecule has 96 valence electrons. The minimum absolute atomic E-state index is 0.0125. The van der Waals surface area contributed by atoms with Crippen LogP contribution in [0.3, 0.4) is 0 Å². The molecule has 0 spiro atoms. The Morgan fingerprint density at radius 2 is 2.18 bits per heavy atom. The average molecular weight is 275 g/mol. The highest BCUT2D eigenvalue weighted by molar-refractivity contribution is 8.24. The summed E-state index contributed by atoms with van der Waals surface area (Å²) in [5.41, 5.74) is 0. The lowest BCUT2D eigenvalue weighted by molar-refractivity contribution is -0.137. The smallest absolute Gasteiger partial charge is 0.303 e. The number of carbonyl (C=O) groups is 2. The van der Waals surface area contributed by atoms with E-state index in [1.807, 2.05) is 6.92 Å². The molecule has 0 aromatic carbocycles. The number of rotatable bonds is 7. The Morgan fingerprint density at radius 1 is 1.47 bits per heavy atom. The monoisotopic (exact) mass is 275 g/mol. The van der Waals surface area contributed by atoms with Crippen LogP contribution in [0.5, 0.6) is 0 Å². The molecule has 1 heterocycles. The number of hydrogen-bond donors (Lipinski definition) is 1. The molecular formula is C11H17NO3S2. The molecule has 0 aromatic heterocycles. The minimum atomic E-state index is -0.764. The number of aliphatic carboxylic acids is 1. The van der Waals surface area contributed by atoms with Crippen LogP contribution in [0.2, 0.25) is 0 Å². The fraction of sp³-hybridized carbons (Fsp3) is 0.727. The molecule has 1 saturated heterocycles. The zero-order valence-electron chi connectivity index (χ0n) is 9.85. The molecule has 0 aliphatic carbocycles. The SMILES string of the molecule is CC[C@H]1SC(=S)N(CCCCCC(=O)O)C1=O. The molecule has 1 aliphatic heterocycles. The van der Waals surface area contributed by atoms with Gasteiger partial charge in [-0.25, -0.2) is 0 Å². The molecule has 1 fully saturated rings. The Morgan fingerprint density at radius 3 is 2.71 bits per heavy atom. The van der Waals surface area contributed by atoms with Gasteiger partial charge in [0.1, 0.15) is 4.32 Å². The third-order valence-corrected chi connectivity index (χ3v) is 4.40. The van der Waals surface area contributed by atoms with E-state index in [1.165, 1.54) is 11.8 Å². The average Bonchev–Trinajstić information content (AvgIpc) is 2.54. The summed E-state index contributed by atoms with van der Waals surface area (Å²) < 4.78 is 0.667. The first kappa shape index (κ1) is 14.4. The first-order chi connectivity index (χ1) is 8.06. The van der Waals surface area contributed by atoms with E-state index in [0.717, 1.165) is 19.3 Å². The Kier molecular flexibility index (Phi) is 5.91. The number of carbonyl (C=O) groups excluding carboxylic acids is 1. The molecule has 1 rings (SSSR count). The second-order valence-corrected chi connectivity index (χ2v) is 5.81. The van der Waals surface area contributed by atoms with E-state index in [2.05, 4.69) is 0 Å². The molecular weight excluding hydrogens is 258 g/mol. The summed E-state index contributed by atoms with van der Waals surface area (Å²) in [6, 6.07) is 0. The first-order valence-corrected chi connectivity index (χ1v) is 7.08. The van der Waals surface area contributed by atoms with Crippen LogP contribution in [0, 0.1) is 0 Å². The number of hydrogen-bond acceptors (Lipinski definition) is 4. The third-order valence-electron chi connectivity index (χ3n) is 2.65. The van der Waals surface area contributed by atoms with Crippen molar-refractivity contribution in [1.82, 2.24) is 4.90 Å². The van der Waals surface area contributed by atoms with Crippen LogP contribution in [0.25, 0.3) is 0 Å². The number of nitrogens with zero attached hydrogens (tertiary/aromatic N) is 1. The van der Waals surface area contributed by atoms with Crippen molar-refractivity contribution in [3.8, 4) is 0 Å². The van der Waals surface area contributed by atoms with E-state index in [9.17, 15) is 9.59 Å². The maximum absolute atomic E-state index is 11.8. The van der Waals surface area contributed by atoms with Crippen molar-refractivity contribution in [3.63, 3.8) is 0 Å². The van der Waals surface area contributed by atoms with Gasteiger partial charge in [0, 0.05) is 13.0 Å². The molecule has 1 atom stereocenters. The summed E-state index contributed by atoms with van der Waals surface area (Å²) in [6.45, 7) is 2.61. The van der Waals surface area contributed by atoms with E-state index >= 15 is 0 Å². The molecule has 1 N–H and O–H groups in total. The second kappa shape index (κ2) is 6.96. The molecule has 0 radical (unpaired) electrons. The highest BCUT2D eigenvalue weighted by Crippen LogP contribution is 2.29. The Balaban J connectivity index is 2.25. The Bertz CT molecular complexity index is 320. The van der Waals surface area contributed by atoms with Crippen LogP contribution < -0.4 is 0 Å². The third kappa shape index (κ3) is 4.27.